The fourth-order valence-corrected chi connectivity index (χ4v) is 4.32. The van der Waals surface area contributed by atoms with E-state index >= 15 is 0 Å². The number of amides is 1. The molecule has 0 fully saturated rings. The molecule has 0 aliphatic rings. The number of nitrogens with one attached hydrogen (secondary N) is 1. The maximum absolute atomic E-state index is 12.9. The maximum atomic E-state index is 12.9. The van der Waals surface area contributed by atoms with Gasteiger partial charge in [0.15, 0.2) is 11.5 Å². The molecule has 3 rings (SSSR count). The van der Waals surface area contributed by atoms with Gasteiger partial charge in [0, 0.05) is 17.3 Å². The van der Waals surface area contributed by atoms with Crippen LogP contribution in [0.5, 0.6) is 11.5 Å². The molecule has 0 unspecified atom stereocenters. The van der Waals surface area contributed by atoms with Crippen molar-refractivity contribution in [2.45, 2.75) is 53.2 Å². The second kappa shape index (κ2) is 8.74. The number of rotatable bonds is 6. The summed E-state index contributed by atoms with van der Waals surface area (Å²) in [6, 6.07) is 4.55. The van der Waals surface area contributed by atoms with Crippen molar-refractivity contribution in [2.24, 2.45) is 0 Å². The van der Waals surface area contributed by atoms with Gasteiger partial charge in [0.2, 0.25) is 0 Å². The number of ether oxygens (including phenoxy) is 2. The molecule has 0 spiro atoms. The van der Waals surface area contributed by atoms with E-state index in [4.69, 9.17) is 4.74 Å². The monoisotopic (exact) mass is 449 g/mol. The minimum atomic E-state index is -2.94. The van der Waals surface area contributed by atoms with E-state index in [1.54, 1.807) is 12.1 Å². The number of fused-ring (bicyclic) bond motifs is 1. The number of benzene rings is 1. The van der Waals surface area contributed by atoms with E-state index < -0.39 is 6.61 Å². The van der Waals surface area contributed by atoms with Crippen LogP contribution in [0.3, 0.4) is 0 Å². The van der Waals surface area contributed by atoms with Gasteiger partial charge in [-0.15, -0.1) is 11.3 Å². The maximum Gasteiger partial charge on any atom is 0.387 e. The van der Waals surface area contributed by atoms with E-state index in [-0.39, 0.29) is 29.4 Å². The van der Waals surface area contributed by atoms with Gasteiger partial charge in [-0.1, -0.05) is 26.8 Å². The molecule has 166 valence electrons. The fraction of sp³-hybridized carbons (Fsp3) is 0.409. The molecule has 2 heterocycles. The molecule has 0 radical (unpaired) electrons. The fourth-order valence-electron chi connectivity index (χ4n) is 3.17. The number of alkyl halides is 2. The zero-order valence-electron chi connectivity index (χ0n) is 18.3. The predicted octanol–water partition coefficient (Wildman–Crippen LogP) is 5.15. The van der Waals surface area contributed by atoms with Crippen molar-refractivity contribution in [2.75, 3.05) is 7.11 Å². The first kappa shape index (κ1) is 22.9. The average molecular weight is 450 g/mol. The summed E-state index contributed by atoms with van der Waals surface area (Å²) in [6.45, 7) is 7.22. The number of carbonyl (C=O) groups excluding carboxylic acids is 1. The van der Waals surface area contributed by atoms with Crippen LogP contribution < -0.4 is 14.8 Å². The summed E-state index contributed by atoms with van der Waals surface area (Å²) in [7, 11) is 1.37. The Balaban J connectivity index is 1.82. The zero-order chi connectivity index (χ0) is 22.9. The van der Waals surface area contributed by atoms with Crippen molar-refractivity contribution in [1.82, 2.24) is 15.3 Å². The minimum Gasteiger partial charge on any atom is -0.493 e. The lowest BCUT2D eigenvalue weighted by Crippen LogP contribution is -2.22. The SMILES string of the molecule is COc1cc(CNC(=O)c2sc3nc(C(C)(C)C)nc(C)c3c2C)ccc1OC(F)F. The van der Waals surface area contributed by atoms with Crippen LogP contribution in [-0.4, -0.2) is 29.6 Å². The van der Waals surface area contributed by atoms with E-state index in [9.17, 15) is 13.6 Å². The number of hydrogen-bond acceptors (Lipinski definition) is 6. The van der Waals surface area contributed by atoms with Crippen LogP contribution in [0.1, 0.15) is 53.1 Å². The molecule has 0 atom stereocenters. The third-order valence-corrected chi connectivity index (χ3v) is 5.93. The number of thiophene rings is 1. The van der Waals surface area contributed by atoms with E-state index in [0.29, 0.717) is 10.4 Å². The van der Waals surface area contributed by atoms with E-state index in [0.717, 1.165) is 27.3 Å². The Hall–Kier alpha value is -2.81. The summed E-state index contributed by atoms with van der Waals surface area (Å²) in [5.74, 6) is 0.621. The first-order chi connectivity index (χ1) is 14.5. The molecule has 0 saturated heterocycles. The summed E-state index contributed by atoms with van der Waals surface area (Å²) >= 11 is 1.34. The van der Waals surface area contributed by atoms with Crippen LogP contribution in [0.15, 0.2) is 18.2 Å². The van der Waals surface area contributed by atoms with E-state index in [1.807, 2.05) is 34.6 Å². The van der Waals surface area contributed by atoms with Gasteiger partial charge in [0.1, 0.15) is 10.7 Å². The second-order valence-electron chi connectivity index (χ2n) is 8.17. The summed E-state index contributed by atoms with van der Waals surface area (Å²) in [6.07, 6.45) is 0. The molecule has 0 saturated carbocycles. The van der Waals surface area contributed by atoms with Crippen molar-refractivity contribution in [3.63, 3.8) is 0 Å². The average Bonchev–Trinajstić information content (AvgIpc) is 3.03. The third-order valence-electron chi connectivity index (χ3n) is 4.75. The largest absolute Gasteiger partial charge is 0.493 e. The highest BCUT2D eigenvalue weighted by Gasteiger charge is 2.23. The summed E-state index contributed by atoms with van der Waals surface area (Å²) in [5, 5.41) is 3.77. The number of carbonyl (C=O) groups is 1. The Kier molecular flexibility index (Phi) is 6.45. The molecule has 1 amide bonds. The van der Waals surface area contributed by atoms with Crippen molar-refractivity contribution < 1.29 is 23.0 Å². The minimum absolute atomic E-state index is 0.0587. The lowest BCUT2D eigenvalue weighted by atomic mass is 9.95. The van der Waals surface area contributed by atoms with Gasteiger partial charge in [-0.2, -0.15) is 8.78 Å². The quantitative estimate of drug-likeness (QED) is 0.564. The van der Waals surface area contributed by atoms with Crippen LogP contribution in [0.25, 0.3) is 10.2 Å². The van der Waals surface area contributed by atoms with Crippen LogP contribution in [0.4, 0.5) is 8.78 Å². The number of aromatic nitrogens is 2. The van der Waals surface area contributed by atoms with Crippen molar-refractivity contribution in [3.05, 3.63) is 45.7 Å². The van der Waals surface area contributed by atoms with Gasteiger partial charge in [-0.05, 0) is 37.1 Å². The van der Waals surface area contributed by atoms with Crippen LogP contribution in [-0.2, 0) is 12.0 Å². The molecule has 0 aliphatic carbocycles. The van der Waals surface area contributed by atoms with Crippen LogP contribution in [0, 0.1) is 13.8 Å². The van der Waals surface area contributed by atoms with Gasteiger partial charge in [0.25, 0.3) is 5.91 Å². The number of nitrogens with zero attached hydrogens (tertiary/aromatic N) is 2. The Bertz CT molecular complexity index is 1120. The normalized spacial score (nSPS) is 11.8. The predicted molar refractivity (Wildman–Crippen MR) is 116 cm³/mol. The van der Waals surface area contributed by atoms with E-state index in [2.05, 4.69) is 20.0 Å². The Labute approximate surface area is 183 Å². The molecular formula is C22H25F2N3O3S. The summed E-state index contributed by atoms with van der Waals surface area (Å²) < 4.78 is 34.5. The lowest BCUT2D eigenvalue weighted by Gasteiger charge is -2.16. The summed E-state index contributed by atoms with van der Waals surface area (Å²) in [5.41, 5.74) is 2.19. The van der Waals surface area contributed by atoms with Gasteiger partial charge >= 0.3 is 6.61 Å². The molecular weight excluding hydrogens is 424 g/mol. The molecule has 0 aliphatic heterocycles. The highest BCUT2D eigenvalue weighted by Crippen LogP contribution is 2.33. The first-order valence-electron chi connectivity index (χ1n) is 9.69. The van der Waals surface area contributed by atoms with Crippen molar-refractivity contribution in [1.29, 1.82) is 0 Å². The van der Waals surface area contributed by atoms with Gasteiger partial charge in [-0.25, -0.2) is 9.97 Å². The molecule has 6 nitrogen and oxygen atoms in total. The molecule has 9 heteroatoms. The number of methoxy groups -OCH3 is 1. The van der Waals surface area contributed by atoms with Crippen molar-refractivity contribution >= 4 is 27.5 Å². The molecule has 3 aromatic rings. The number of aryl methyl sites for hydroxylation is 2. The first-order valence-corrected chi connectivity index (χ1v) is 10.5. The van der Waals surface area contributed by atoms with Crippen LogP contribution >= 0.6 is 11.3 Å². The standard InChI is InChI=1S/C22H25F2N3O3S/c1-11-16-12(2)26-20(22(3,4)5)27-19(16)31-17(11)18(28)25-10-13-7-8-14(30-21(23)24)15(9-13)29-6/h7-9,21H,10H2,1-6H3,(H,25,28). The number of halogens is 2. The molecule has 31 heavy (non-hydrogen) atoms. The molecule has 1 N–H and O–H groups in total. The molecule has 1 aromatic carbocycles. The smallest absolute Gasteiger partial charge is 0.387 e. The summed E-state index contributed by atoms with van der Waals surface area (Å²) in [4.78, 5) is 23.5. The van der Waals surface area contributed by atoms with Gasteiger partial charge in [0.05, 0.1) is 17.7 Å². The van der Waals surface area contributed by atoms with Gasteiger partial charge < -0.3 is 14.8 Å². The van der Waals surface area contributed by atoms with Crippen molar-refractivity contribution in [3.8, 4) is 11.5 Å². The Morgan fingerprint density at radius 3 is 2.52 bits per heavy atom. The number of hydrogen-bond donors (Lipinski definition) is 1. The lowest BCUT2D eigenvalue weighted by molar-refractivity contribution is -0.0512. The van der Waals surface area contributed by atoms with Crippen LogP contribution in [0.2, 0.25) is 0 Å². The Morgan fingerprint density at radius 1 is 1.19 bits per heavy atom. The Morgan fingerprint density at radius 2 is 1.90 bits per heavy atom. The highest BCUT2D eigenvalue weighted by molar-refractivity contribution is 7.20. The molecule has 0 bridgehead atoms. The highest BCUT2D eigenvalue weighted by atomic mass is 32.1. The second-order valence-corrected chi connectivity index (χ2v) is 9.16. The van der Waals surface area contributed by atoms with Gasteiger partial charge in [-0.3, -0.25) is 4.79 Å². The zero-order valence-corrected chi connectivity index (χ0v) is 19.1. The van der Waals surface area contributed by atoms with E-state index in [1.165, 1.54) is 24.5 Å². The topological polar surface area (TPSA) is 73.3 Å². The third kappa shape index (κ3) is 4.92. The molecule has 2 aromatic heterocycles.